The van der Waals surface area contributed by atoms with Gasteiger partial charge in [-0.15, -0.1) is 0 Å². The number of alkyl halides is 3. The zero-order chi connectivity index (χ0) is 36.4. The molecule has 1 aliphatic rings. The van der Waals surface area contributed by atoms with Gasteiger partial charge >= 0.3 is 12.2 Å². The molecule has 0 aromatic heterocycles. The Labute approximate surface area is 290 Å². The van der Waals surface area contributed by atoms with Gasteiger partial charge in [0.1, 0.15) is 5.75 Å². The lowest BCUT2D eigenvalue weighted by molar-refractivity contribution is -0.137. The molecule has 4 amide bonds. The van der Waals surface area contributed by atoms with E-state index in [0.29, 0.717) is 24.3 Å². The number of hydrogen-bond acceptors (Lipinski definition) is 6. The van der Waals surface area contributed by atoms with Gasteiger partial charge in [0.15, 0.2) is 0 Å². The number of likely N-dealkylation sites (N-methyl/N-ethyl adjacent to an activating group) is 1. The molecule has 0 saturated carbocycles. The van der Waals surface area contributed by atoms with Gasteiger partial charge in [-0.2, -0.15) is 13.2 Å². The first kappa shape index (κ1) is 38.2. The molecule has 4 atom stereocenters. The molecule has 10 nitrogen and oxygen atoms in total. The molecule has 0 spiro atoms. The predicted molar refractivity (Wildman–Crippen MR) is 184 cm³/mol. The maximum absolute atomic E-state index is 14.3. The molecule has 0 unspecified atom stereocenters. The number of carbonyl (C=O) groups excluding carboxylic acids is 3. The average Bonchev–Trinajstić information content (AvgIpc) is 3.09. The summed E-state index contributed by atoms with van der Waals surface area (Å²) < 4.78 is 51.4. The van der Waals surface area contributed by atoms with Crippen LogP contribution < -0.4 is 15.4 Å². The first-order chi connectivity index (χ1) is 23.8. The van der Waals surface area contributed by atoms with Crippen LogP contribution in [-0.2, 0) is 10.9 Å². The molecule has 50 heavy (non-hydrogen) atoms. The number of hydrogen-bond donors (Lipinski definition) is 3. The van der Waals surface area contributed by atoms with E-state index in [2.05, 4.69) is 10.6 Å². The molecule has 0 aliphatic carbocycles. The summed E-state index contributed by atoms with van der Waals surface area (Å²) >= 11 is 0. The summed E-state index contributed by atoms with van der Waals surface area (Å²) in [7, 11) is 1.72. The molecule has 13 heteroatoms. The second-order valence-electron chi connectivity index (χ2n) is 12.7. The van der Waals surface area contributed by atoms with E-state index in [1.807, 2.05) is 19.9 Å². The molecular formula is C37H45F3N4O6. The van der Waals surface area contributed by atoms with E-state index in [1.54, 1.807) is 55.3 Å². The van der Waals surface area contributed by atoms with E-state index < -0.39 is 35.8 Å². The molecule has 270 valence electrons. The van der Waals surface area contributed by atoms with Crippen molar-refractivity contribution in [3.63, 3.8) is 0 Å². The zero-order valence-electron chi connectivity index (χ0n) is 28.7. The number of amides is 4. The maximum Gasteiger partial charge on any atom is 0.416 e. The quantitative estimate of drug-likeness (QED) is 0.247. The highest BCUT2D eigenvalue weighted by Crippen LogP contribution is 2.31. The summed E-state index contributed by atoms with van der Waals surface area (Å²) in [5, 5.41) is 15.3. The lowest BCUT2D eigenvalue weighted by Gasteiger charge is -2.36. The predicted octanol–water partition coefficient (Wildman–Crippen LogP) is 6.92. The van der Waals surface area contributed by atoms with E-state index in [1.165, 1.54) is 11.0 Å². The Kier molecular flexibility index (Phi) is 13.3. The van der Waals surface area contributed by atoms with Crippen LogP contribution >= 0.6 is 0 Å². The summed E-state index contributed by atoms with van der Waals surface area (Å²) in [5.74, 6) is -0.560. The Morgan fingerprint density at radius 3 is 2.32 bits per heavy atom. The lowest BCUT2D eigenvalue weighted by atomic mass is 10.0. The number of anilines is 2. The van der Waals surface area contributed by atoms with Crippen LogP contribution in [0.15, 0.2) is 72.8 Å². The second-order valence-corrected chi connectivity index (χ2v) is 12.7. The van der Waals surface area contributed by atoms with Crippen LogP contribution in [0.3, 0.4) is 0 Å². The smallest absolute Gasteiger partial charge is 0.416 e. The molecule has 3 aromatic rings. The van der Waals surface area contributed by atoms with E-state index >= 15 is 0 Å². The fraction of sp³-hybridized carbons (Fsp3) is 0.432. The summed E-state index contributed by atoms with van der Waals surface area (Å²) in [4.78, 5) is 43.5. The molecule has 3 N–H and O–H groups in total. The highest BCUT2D eigenvalue weighted by molar-refractivity contribution is 6.02. The van der Waals surface area contributed by atoms with Gasteiger partial charge in [-0.1, -0.05) is 25.1 Å². The van der Waals surface area contributed by atoms with Gasteiger partial charge in [0.05, 0.1) is 36.0 Å². The first-order valence-corrected chi connectivity index (χ1v) is 16.7. The molecule has 0 radical (unpaired) electrons. The Balaban J connectivity index is 1.59. The van der Waals surface area contributed by atoms with Crippen LogP contribution in [0.1, 0.15) is 66.3 Å². The van der Waals surface area contributed by atoms with Crippen molar-refractivity contribution in [1.29, 1.82) is 0 Å². The van der Waals surface area contributed by atoms with Gasteiger partial charge < -0.3 is 35.0 Å². The number of urea groups is 1. The van der Waals surface area contributed by atoms with Crippen LogP contribution in [0, 0.1) is 5.92 Å². The van der Waals surface area contributed by atoms with Crippen molar-refractivity contribution in [2.75, 3.05) is 44.0 Å². The molecule has 0 saturated heterocycles. The lowest BCUT2D eigenvalue weighted by Crippen LogP contribution is -2.48. The van der Waals surface area contributed by atoms with Crippen LogP contribution in [-0.4, -0.2) is 84.4 Å². The fourth-order valence-corrected chi connectivity index (χ4v) is 5.65. The van der Waals surface area contributed by atoms with Crippen LogP contribution in [0.4, 0.5) is 29.3 Å². The minimum Gasteiger partial charge on any atom is -0.490 e. The van der Waals surface area contributed by atoms with Crippen molar-refractivity contribution in [3.05, 3.63) is 89.5 Å². The number of nitrogens with one attached hydrogen (secondary N) is 2. The third-order valence-corrected chi connectivity index (χ3v) is 8.60. The number of aliphatic hydroxyl groups excluding tert-OH is 1. The minimum atomic E-state index is -4.51. The Morgan fingerprint density at radius 2 is 1.66 bits per heavy atom. The highest BCUT2D eigenvalue weighted by atomic mass is 19.4. The normalized spacial score (nSPS) is 19.7. The van der Waals surface area contributed by atoms with Crippen molar-refractivity contribution >= 4 is 29.2 Å². The van der Waals surface area contributed by atoms with Crippen molar-refractivity contribution in [1.82, 2.24) is 9.80 Å². The van der Waals surface area contributed by atoms with Gasteiger partial charge in [-0.05, 0) is 87.7 Å². The molecular weight excluding hydrogens is 653 g/mol. The van der Waals surface area contributed by atoms with Crippen molar-refractivity contribution in [2.24, 2.45) is 5.92 Å². The largest absolute Gasteiger partial charge is 0.490 e. The van der Waals surface area contributed by atoms with Crippen molar-refractivity contribution in [2.45, 2.75) is 64.5 Å². The molecule has 1 aliphatic heterocycles. The van der Waals surface area contributed by atoms with E-state index in [-0.39, 0.29) is 54.6 Å². The number of fused-ring (bicyclic) bond motifs is 1. The third kappa shape index (κ3) is 10.4. The maximum atomic E-state index is 14.3. The Bertz CT molecular complexity index is 1590. The molecule has 1 heterocycles. The Hall–Kier alpha value is -4.62. The number of ether oxygens (including phenoxy) is 2. The number of carbonyl (C=O) groups is 3. The van der Waals surface area contributed by atoms with Crippen LogP contribution in [0.25, 0.3) is 0 Å². The van der Waals surface area contributed by atoms with Crippen molar-refractivity contribution in [3.8, 4) is 5.75 Å². The standard InChI is InChI=1S/C37H45F3N4O6/c1-24-21-44(25(2)23-45)35(47)31-20-30(42-36(48)41-29-15-13-28(14-16-29)37(38,39)40)17-18-32(31)50-26(3)10-8-9-19-49-33(24)22-43(4)34(46)27-11-6-5-7-12-27/h5-7,11-18,20,24-26,33,45H,8-10,19,21-23H2,1-4H3,(H2,41,42,48)/t24-,25+,26-,33-/m0/s1. The number of rotatable bonds is 7. The van der Waals surface area contributed by atoms with E-state index in [4.69, 9.17) is 9.47 Å². The fourth-order valence-electron chi connectivity index (χ4n) is 5.65. The molecule has 4 rings (SSSR count). The monoisotopic (exact) mass is 698 g/mol. The number of halogens is 3. The van der Waals surface area contributed by atoms with Gasteiger partial charge in [0, 0.05) is 49.6 Å². The van der Waals surface area contributed by atoms with Gasteiger partial charge in [-0.3, -0.25) is 9.59 Å². The van der Waals surface area contributed by atoms with Gasteiger partial charge in [-0.25, -0.2) is 4.79 Å². The summed E-state index contributed by atoms with van der Waals surface area (Å²) in [6, 6.07) is 16.3. The summed E-state index contributed by atoms with van der Waals surface area (Å²) in [6.07, 6.45) is -2.97. The van der Waals surface area contributed by atoms with Crippen LogP contribution in [0.5, 0.6) is 5.75 Å². The number of nitrogens with zero attached hydrogens (tertiary/aromatic N) is 2. The van der Waals surface area contributed by atoms with E-state index in [0.717, 1.165) is 37.1 Å². The number of aliphatic hydroxyl groups is 1. The second kappa shape index (κ2) is 17.3. The summed E-state index contributed by atoms with van der Waals surface area (Å²) in [5.41, 5.74) is 0.251. The van der Waals surface area contributed by atoms with Crippen molar-refractivity contribution < 1.29 is 42.1 Å². The third-order valence-electron chi connectivity index (χ3n) is 8.60. The van der Waals surface area contributed by atoms with E-state index in [9.17, 15) is 32.7 Å². The van der Waals surface area contributed by atoms with Gasteiger partial charge in [0.2, 0.25) is 0 Å². The molecule has 0 fully saturated rings. The molecule has 3 aromatic carbocycles. The Morgan fingerprint density at radius 1 is 1.00 bits per heavy atom. The van der Waals surface area contributed by atoms with Crippen LogP contribution in [0.2, 0.25) is 0 Å². The average molecular weight is 699 g/mol. The number of benzene rings is 3. The van der Waals surface area contributed by atoms with Gasteiger partial charge in [0.25, 0.3) is 11.8 Å². The first-order valence-electron chi connectivity index (χ1n) is 16.7. The SMILES string of the molecule is C[C@H](CO)N1C[C@H](C)[C@H](CN(C)C(=O)c2ccccc2)OCCCC[C@H](C)Oc2ccc(NC(=O)Nc3ccc(C(F)(F)F)cc3)cc2C1=O. The summed E-state index contributed by atoms with van der Waals surface area (Å²) in [6.45, 7) is 6.15. The zero-order valence-corrected chi connectivity index (χ0v) is 28.7. The minimum absolute atomic E-state index is 0.145. The topological polar surface area (TPSA) is 120 Å². The molecule has 0 bridgehead atoms. The highest BCUT2D eigenvalue weighted by Gasteiger charge is 2.32.